The minimum absolute atomic E-state index is 0.188. The maximum Gasteiger partial charge on any atom is 0.337 e. The van der Waals surface area contributed by atoms with Crippen LogP contribution in [-0.2, 0) is 4.79 Å². The molecule has 0 atom stereocenters. The van der Waals surface area contributed by atoms with E-state index in [1.807, 2.05) is 0 Å². The van der Waals surface area contributed by atoms with Gasteiger partial charge < -0.3 is 10.1 Å². The van der Waals surface area contributed by atoms with Crippen LogP contribution in [0.25, 0.3) is 6.08 Å². The Morgan fingerprint density at radius 3 is 2.82 bits per heavy atom. The van der Waals surface area contributed by atoms with Gasteiger partial charge in [0.2, 0.25) is 0 Å². The van der Waals surface area contributed by atoms with Gasteiger partial charge in [-0.2, -0.15) is 0 Å². The fourth-order valence-electron chi connectivity index (χ4n) is 1.31. The van der Waals surface area contributed by atoms with Crippen LogP contribution >= 0.6 is 0 Å². The summed E-state index contributed by atoms with van der Waals surface area (Å²) in [5.74, 6) is -1.00. The van der Waals surface area contributed by atoms with E-state index in [2.05, 4.69) is 4.98 Å². The number of aromatic nitrogens is 1. The fourth-order valence-corrected chi connectivity index (χ4v) is 1.31. The Bertz CT molecular complexity index is 544. The maximum atomic E-state index is 11.2. The molecular formula is C10H10N2O5. The zero-order valence-electron chi connectivity index (χ0n) is 8.97. The van der Waals surface area contributed by atoms with Crippen molar-refractivity contribution in [1.29, 1.82) is 0 Å². The third-order valence-electron chi connectivity index (χ3n) is 2.13. The molecule has 0 saturated carbocycles. The van der Waals surface area contributed by atoms with Crippen LogP contribution in [0.1, 0.15) is 17.5 Å². The first-order valence-corrected chi connectivity index (χ1v) is 4.68. The van der Waals surface area contributed by atoms with E-state index in [-0.39, 0.29) is 12.0 Å². The molecule has 0 amide bonds. The summed E-state index contributed by atoms with van der Waals surface area (Å²) in [7, 11) is 0. The van der Waals surface area contributed by atoms with Crippen LogP contribution in [-0.4, -0.2) is 21.0 Å². The molecule has 0 aliphatic heterocycles. The van der Waals surface area contributed by atoms with Crippen molar-refractivity contribution >= 4 is 17.7 Å². The maximum absolute atomic E-state index is 11.2. The number of carbonyl (C=O) groups is 1. The lowest BCUT2D eigenvalue weighted by Crippen LogP contribution is -2.13. The van der Waals surface area contributed by atoms with Crippen molar-refractivity contribution in [2.24, 2.45) is 0 Å². The molecule has 7 nitrogen and oxygen atoms in total. The van der Waals surface area contributed by atoms with Gasteiger partial charge in [-0.15, -0.1) is 0 Å². The molecule has 90 valence electrons. The number of hydrogen-bond acceptors (Lipinski definition) is 4. The van der Waals surface area contributed by atoms with Crippen LogP contribution in [0, 0.1) is 17.0 Å². The summed E-state index contributed by atoms with van der Waals surface area (Å²) in [5.41, 5.74) is -0.678. The van der Waals surface area contributed by atoms with Gasteiger partial charge in [-0.1, -0.05) is 12.2 Å². The first-order chi connectivity index (χ1) is 7.93. The predicted octanol–water partition coefficient (Wildman–Crippen LogP) is 1.08. The van der Waals surface area contributed by atoms with Crippen molar-refractivity contribution < 1.29 is 14.8 Å². The summed E-state index contributed by atoms with van der Waals surface area (Å²) >= 11 is 0. The number of hydrogen-bond donors (Lipinski definition) is 2. The van der Waals surface area contributed by atoms with Gasteiger partial charge in [-0.05, 0) is 6.92 Å². The van der Waals surface area contributed by atoms with Crippen molar-refractivity contribution in [3.8, 4) is 0 Å². The molecular weight excluding hydrogens is 228 g/mol. The van der Waals surface area contributed by atoms with E-state index in [0.717, 1.165) is 0 Å². The molecule has 0 aromatic carbocycles. The second kappa shape index (κ2) is 5.06. The number of aromatic amines is 1. The molecule has 1 heterocycles. The molecule has 0 fully saturated rings. The summed E-state index contributed by atoms with van der Waals surface area (Å²) in [6, 6.07) is 0. The first kappa shape index (κ1) is 12.6. The largest absolute Gasteiger partial charge is 0.481 e. The zero-order chi connectivity index (χ0) is 13.0. The topological polar surface area (TPSA) is 113 Å². The van der Waals surface area contributed by atoms with E-state index in [9.17, 15) is 19.7 Å². The van der Waals surface area contributed by atoms with E-state index in [0.29, 0.717) is 5.56 Å². The quantitative estimate of drug-likeness (QED) is 0.601. The second-order valence-corrected chi connectivity index (χ2v) is 3.30. The van der Waals surface area contributed by atoms with E-state index >= 15 is 0 Å². The van der Waals surface area contributed by atoms with Crippen LogP contribution in [0.4, 0.5) is 5.69 Å². The normalized spacial score (nSPS) is 10.6. The highest BCUT2D eigenvalue weighted by Gasteiger charge is 2.17. The molecule has 1 aromatic rings. The van der Waals surface area contributed by atoms with Crippen molar-refractivity contribution in [3.05, 3.63) is 43.9 Å². The van der Waals surface area contributed by atoms with E-state index < -0.39 is 22.1 Å². The Hall–Kier alpha value is -2.44. The van der Waals surface area contributed by atoms with Gasteiger partial charge in [0, 0.05) is 17.3 Å². The monoisotopic (exact) mass is 238 g/mol. The van der Waals surface area contributed by atoms with Gasteiger partial charge >= 0.3 is 17.2 Å². The minimum atomic E-state index is -1.00. The summed E-state index contributed by atoms with van der Waals surface area (Å²) in [6.07, 6.45) is 3.90. The van der Waals surface area contributed by atoms with E-state index in [4.69, 9.17) is 5.11 Å². The molecule has 0 radical (unpaired) electrons. The van der Waals surface area contributed by atoms with Gasteiger partial charge in [-0.25, -0.2) is 0 Å². The number of aliphatic carboxylic acids is 1. The molecule has 1 aromatic heterocycles. The second-order valence-electron chi connectivity index (χ2n) is 3.30. The van der Waals surface area contributed by atoms with E-state index in [1.165, 1.54) is 25.3 Å². The number of nitrogens with zero attached hydrogens (tertiary/aromatic N) is 1. The smallest absolute Gasteiger partial charge is 0.337 e. The molecule has 0 aliphatic rings. The molecule has 0 bridgehead atoms. The van der Waals surface area contributed by atoms with Crippen LogP contribution in [0.3, 0.4) is 0 Å². The number of carboxylic acids is 1. The average Bonchev–Trinajstić information content (AvgIpc) is 2.20. The summed E-state index contributed by atoms with van der Waals surface area (Å²) < 4.78 is 0. The van der Waals surface area contributed by atoms with Gasteiger partial charge in [-0.3, -0.25) is 19.7 Å². The number of nitro groups is 1. The van der Waals surface area contributed by atoms with Crippen molar-refractivity contribution in [2.75, 3.05) is 0 Å². The highest BCUT2D eigenvalue weighted by atomic mass is 16.6. The molecule has 17 heavy (non-hydrogen) atoms. The molecule has 0 spiro atoms. The summed E-state index contributed by atoms with van der Waals surface area (Å²) in [5, 5.41) is 19.1. The molecule has 2 N–H and O–H groups in total. The molecule has 0 saturated heterocycles. The van der Waals surface area contributed by atoms with Crippen LogP contribution < -0.4 is 5.56 Å². The summed E-state index contributed by atoms with van der Waals surface area (Å²) in [4.78, 5) is 33.6. The molecule has 7 heteroatoms. The number of nitrogens with one attached hydrogen (secondary N) is 1. The number of pyridine rings is 1. The Balaban J connectivity index is 3.15. The van der Waals surface area contributed by atoms with Gasteiger partial charge in [0.05, 0.1) is 11.3 Å². The lowest BCUT2D eigenvalue weighted by molar-refractivity contribution is -0.386. The lowest BCUT2D eigenvalue weighted by Gasteiger charge is -2.00. The highest BCUT2D eigenvalue weighted by molar-refractivity contribution is 5.71. The average molecular weight is 238 g/mol. The first-order valence-electron chi connectivity index (χ1n) is 4.68. The number of rotatable bonds is 4. The van der Waals surface area contributed by atoms with Crippen molar-refractivity contribution in [1.82, 2.24) is 4.98 Å². The van der Waals surface area contributed by atoms with Crippen LogP contribution in [0.15, 0.2) is 17.1 Å². The number of H-pyrrole nitrogens is 1. The molecule has 0 unspecified atom stereocenters. The SMILES string of the molecule is Cc1c(C=CCC(=O)O)c[nH]c(=O)c1[N+](=O)[O-]. The van der Waals surface area contributed by atoms with Crippen molar-refractivity contribution in [2.45, 2.75) is 13.3 Å². The Labute approximate surface area is 95.6 Å². The van der Waals surface area contributed by atoms with Crippen LogP contribution in [0.5, 0.6) is 0 Å². The Morgan fingerprint density at radius 2 is 2.29 bits per heavy atom. The fraction of sp³-hybridized carbons (Fsp3) is 0.200. The Morgan fingerprint density at radius 1 is 1.65 bits per heavy atom. The lowest BCUT2D eigenvalue weighted by atomic mass is 10.1. The predicted molar refractivity (Wildman–Crippen MR) is 59.7 cm³/mol. The van der Waals surface area contributed by atoms with Crippen molar-refractivity contribution in [3.63, 3.8) is 0 Å². The van der Waals surface area contributed by atoms with E-state index in [1.54, 1.807) is 0 Å². The molecule has 1 rings (SSSR count). The summed E-state index contributed by atoms with van der Waals surface area (Å²) in [6.45, 7) is 1.44. The standard InChI is InChI=1S/C10H10N2O5/c1-6-7(3-2-4-8(13)14)5-11-10(15)9(6)12(16)17/h2-3,5H,4H2,1H3,(H,11,15)(H,13,14). The number of carboxylic acid groups (broad SMARTS) is 1. The third-order valence-corrected chi connectivity index (χ3v) is 2.13. The van der Waals surface area contributed by atoms with Gasteiger partial charge in [0.25, 0.3) is 0 Å². The zero-order valence-corrected chi connectivity index (χ0v) is 8.97. The minimum Gasteiger partial charge on any atom is -0.481 e. The van der Waals surface area contributed by atoms with Crippen LogP contribution in [0.2, 0.25) is 0 Å². The Kier molecular flexibility index (Phi) is 3.76. The van der Waals surface area contributed by atoms with Gasteiger partial charge in [0.1, 0.15) is 0 Å². The molecule has 0 aliphatic carbocycles. The highest BCUT2D eigenvalue weighted by Crippen LogP contribution is 2.16. The third kappa shape index (κ3) is 3.00. The van der Waals surface area contributed by atoms with Gasteiger partial charge in [0.15, 0.2) is 0 Å².